The third-order valence-corrected chi connectivity index (χ3v) is 1.73. The second-order valence-corrected chi connectivity index (χ2v) is 2.47. The lowest BCUT2D eigenvalue weighted by Crippen LogP contribution is -2.05. The highest BCUT2D eigenvalue weighted by Crippen LogP contribution is 2.21. The molecule has 2 aromatic heterocycles. The molecule has 0 unspecified atom stereocenters. The molecule has 62 valence electrons. The highest BCUT2D eigenvalue weighted by atomic mass is 19.1. The summed E-state index contributed by atoms with van der Waals surface area (Å²) in [5, 5.41) is 0.278. The van der Waals surface area contributed by atoms with E-state index in [-0.39, 0.29) is 11.2 Å². The van der Waals surface area contributed by atoms with E-state index in [2.05, 4.69) is 4.98 Å². The van der Waals surface area contributed by atoms with Gasteiger partial charge in [0.2, 0.25) is 0 Å². The minimum absolute atomic E-state index is 0.161. The summed E-state index contributed by atoms with van der Waals surface area (Å²) < 4.78 is 14.2. The molecule has 2 rings (SSSR count). The third-order valence-electron chi connectivity index (χ3n) is 1.73. The molecule has 0 bridgehead atoms. The molecule has 0 atom stereocenters. The van der Waals surface area contributed by atoms with Gasteiger partial charge in [-0.25, -0.2) is 9.37 Å². The molecule has 4 N–H and O–H groups in total. The Morgan fingerprint density at radius 2 is 2.25 bits per heavy atom. The predicted molar refractivity (Wildman–Crippen MR) is 44.3 cm³/mol. The van der Waals surface area contributed by atoms with Gasteiger partial charge in [0.1, 0.15) is 5.82 Å². The number of pyridine rings is 1. The maximum atomic E-state index is 13.0. The Morgan fingerprint density at radius 3 is 2.92 bits per heavy atom. The zero-order valence-corrected chi connectivity index (χ0v) is 6.16. The molecule has 2 heterocycles. The average Bonchev–Trinajstić information content (AvgIpc) is 2.29. The third kappa shape index (κ3) is 0.730. The number of aromatic nitrogens is 2. The molecule has 0 fully saturated rings. The van der Waals surface area contributed by atoms with E-state index in [1.165, 1.54) is 17.1 Å². The Labute approximate surface area is 67.6 Å². The van der Waals surface area contributed by atoms with Crippen LogP contribution in [0.4, 0.5) is 10.2 Å². The molecule has 0 saturated carbocycles. The van der Waals surface area contributed by atoms with Crippen molar-refractivity contribution in [1.82, 2.24) is 9.66 Å². The van der Waals surface area contributed by atoms with Crippen molar-refractivity contribution in [3.05, 3.63) is 24.3 Å². The normalized spacial score (nSPS) is 10.8. The Morgan fingerprint density at radius 1 is 1.50 bits per heavy atom. The summed E-state index contributed by atoms with van der Waals surface area (Å²) in [6, 6.07) is 1.61. The van der Waals surface area contributed by atoms with Gasteiger partial charge in [-0.05, 0) is 6.07 Å². The van der Waals surface area contributed by atoms with Crippen LogP contribution in [0.5, 0.6) is 0 Å². The topological polar surface area (TPSA) is 69.9 Å². The molecule has 12 heavy (non-hydrogen) atoms. The quantitative estimate of drug-likeness (QED) is 0.559. The van der Waals surface area contributed by atoms with E-state index in [1.54, 1.807) is 6.07 Å². The van der Waals surface area contributed by atoms with Crippen molar-refractivity contribution in [3.63, 3.8) is 0 Å². The van der Waals surface area contributed by atoms with Crippen molar-refractivity contribution < 1.29 is 4.39 Å². The SMILES string of the molecule is Nc1nccc2c1c(F)cn2N. The fourth-order valence-corrected chi connectivity index (χ4v) is 1.18. The minimum Gasteiger partial charge on any atom is -0.383 e. The summed E-state index contributed by atoms with van der Waals surface area (Å²) in [5.74, 6) is 5.15. The summed E-state index contributed by atoms with van der Waals surface area (Å²) in [6.45, 7) is 0. The first-order valence-corrected chi connectivity index (χ1v) is 3.36. The van der Waals surface area contributed by atoms with Crippen molar-refractivity contribution >= 4 is 16.7 Å². The minimum atomic E-state index is -0.446. The molecule has 0 aromatic carbocycles. The standard InChI is InChI=1S/C7H7FN4/c8-4-3-12(10)5-1-2-11-7(9)6(4)5/h1-3H,10H2,(H2,9,11). The van der Waals surface area contributed by atoms with Crippen LogP contribution in [0.15, 0.2) is 18.5 Å². The maximum Gasteiger partial charge on any atom is 0.154 e. The molecule has 0 amide bonds. The van der Waals surface area contributed by atoms with Crippen LogP contribution in [0.25, 0.3) is 10.9 Å². The Kier molecular flexibility index (Phi) is 1.21. The van der Waals surface area contributed by atoms with Gasteiger partial charge in [-0.1, -0.05) is 0 Å². The maximum absolute atomic E-state index is 13.0. The summed E-state index contributed by atoms with van der Waals surface area (Å²) in [5.41, 5.74) is 5.99. The fourth-order valence-electron chi connectivity index (χ4n) is 1.18. The largest absolute Gasteiger partial charge is 0.383 e. The van der Waals surface area contributed by atoms with Crippen LogP contribution in [-0.2, 0) is 0 Å². The number of nitrogen functional groups attached to an aromatic ring is 2. The van der Waals surface area contributed by atoms with E-state index < -0.39 is 5.82 Å². The van der Waals surface area contributed by atoms with Crippen LogP contribution < -0.4 is 11.6 Å². The number of fused-ring (bicyclic) bond motifs is 1. The highest BCUT2D eigenvalue weighted by molar-refractivity contribution is 5.89. The average molecular weight is 166 g/mol. The molecule has 0 spiro atoms. The first kappa shape index (κ1) is 6.90. The molecular formula is C7H7FN4. The van der Waals surface area contributed by atoms with E-state index in [4.69, 9.17) is 11.6 Å². The van der Waals surface area contributed by atoms with Gasteiger partial charge < -0.3 is 11.6 Å². The van der Waals surface area contributed by atoms with Gasteiger partial charge in [0.25, 0.3) is 0 Å². The number of nitrogens with zero attached hydrogens (tertiary/aromatic N) is 2. The van der Waals surface area contributed by atoms with Crippen molar-refractivity contribution in [2.24, 2.45) is 0 Å². The fraction of sp³-hybridized carbons (Fsp3) is 0. The van der Waals surface area contributed by atoms with E-state index in [0.717, 1.165) is 0 Å². The van der Waals surface area contributed by atoms with Crippen molar-refractivity contribution in [2.75, 3.05) is 11.6 Å². The summed E-state index contributed by atoms with van der Waals surface area (Å²) in [7, 11) is 0. The second kappa shape index (κ2) is 2.10. The van der Waals surface area contributed by atoms with Gasteiger partial charge in [-0.15, -0.1) is 0 Å². The summed E-state index contributed by atoms with van der Waals surface area (Å²) in [6.07, 6.45) is 2.66. The molecule has 4 nitrogen and oxygen atoms in total. The zero-order valence-electron chi connectivity index (χ0n) is 6.16. The van der Waals surface area contributed by atoms with E-state index in [1.807, 2.05) is 0 Å². The Hall–Kier alpha value is -1.78. The molecule has 0 radical (unpaired) electrons. The van der Waals surface area contributed by atoms with Crippen molar-refractivity contribution in [2.45, 2.75) is 0 Å². The number of anilines is 1. The molecule has 5 heteroatoms. The van der Waals surface area contributed by atoms with Gasteiger partial charge >= 0.3 is 0 Å². The van der Waals surface area contributed by atoms with Crippen molar-refractivity contribution in [3.8, 4) is 0 Å². The van der Waals surface area contributed by atoms with Crippen LogP contribution in [-0.4, -0.2) is 9.66 Å². The predicted octanol–water partition coefficient (Wildman–Crippen LogP) is 0.471. The Balaban J connectivity index is 2.99. The number of hydrogen-bond acceptors (Lipinski definition) is 3. The monoisotopic (exact) mass is 166 g/mol. The molecular weight excluding hydrogens is 159 g/mol. The smallest absolute Gasteiger partial charge is 0.154 e. The molecule has 2 aromatic rings. The molecule has 0 aliphatic heterocycles. The summed E-state index contributed by atoms with van der Waals surface area (Å²) in [4.78, 5) is 3.75. The second-order valence-electron chi connectivity index (χ2n) is 2.47. The molecule has 0 saturated heterocycles. The van der Waals surface area contributed by atoms with Crippen LogP contribution in [0.1, 0.15) is 0 Å². The summed E-state index contributed by atoms with van der Waals surface area (Å²) >= 11 is 0. The van der Waals surface area contributed by atoms with Crippen LogP contribution >= 0.6 is 0 Å². The lowest BCUT2D eigenvalue weighted by molar-refractivity contribution is 0.635. The van der Waals surface area contributed by atoms with E-state index in [0.29, 0.717) is 5.52 Å². The molecule has 0 aliphatic rings. The van der Waals surface area contributed by atoms with Crippen LogP contribution in [0.2, 0.25) is 0 Å². The van der Waals surface area contributed by atoms with Gasteiger partial charge in [-0.3, -0.25) is 4.68 Å². The van der Waals surface area contributed by atoms with E-state index >= 15 is 0 Å². The van der Waals surface area contributed by atoms with E-state index in [9.17, 15) is 4.39 Å². The van der Waals surface area contributed by atoms with Crippen LogP contribution in [0.3, 0.4) is 0 Å². The lowest BCUT2D eigenvalue weighted by Gasteiger charge is -1.96. The van der Waals surface area contributed by atoms with Gasteiger partial charge in [0, 0.05) is 6.20 Å². The number of hydrogen-bond donors (Lipinski definition) is 2. The number of halogens is 1. The number of nitrogens with two attached hydrogens (primary N) is 2. The van der Waals surface area contributed by atoms with Gasteiger partial charge in [0.15, 0.2) is 5.82 Å². The molecule has 0 aliphatic carbocycles. The lowest BCUT2D eigenvalue weighted by atomic mass is 10.3. The van der Waals surface area contributed by atoms with Crippen LogP contribution in [0, 0.1) is 5.82 Å². The highest BCUT2D eigenvalue weighted by Gasteiger charge is 2.09. The first-order chi connectivity index (χ1) is 5.70. The van der Waals surface area contributed by atoms with Gasteiger partial charge in [0.05, 0.1) is 17.1 Å². The number of rotatable bonds is 0. The zero-order chi connectivity index (χ0) is 8.72. The van der Waals surface area contributed by atoms with Crippen molar-refractivity contribution in [1.29, 1.82) is 0 Å². The Bertz CT molecular complexity index is 434. The first-order valence-electron chi connectivity index (χ1n) is 3.36. The van der Waals surface area contributed by atoms with Gasteiger partial charge in [-0.2, -0.15) is 0 Å².